The summed E-state index contributed by atoms with van der Waals surface area (Å²) in [5.74, 6) is -2.06. The van der Waals surface area contributed by atoms with Gasteiger partial charge in [0.15, 0.2) is 17.4 Å². The van der Waals surface area contributed by atoms with E-state index in [-0.39, 0.29) is 17.8 Å². The number of carbonyl (C=O) groups is 1. The number of carbonyl (C=O) groups excluding carboxylic acids is 1. The van der Waals surface area contributed by atoms with Gasteiger partial charge in [0.25, 0.3) is 0 Å². The first-order chi connectivity index (χ1) is 9.61. The highest BCUT2D eigenvalue weighted by molar-refractivity contribution is 5.97. The van der Waals surface area contributed by atoms with E-state index in [9.17, 15) is 13.6 Å². The van der Waals surface area contributed by atoms with E-state index >= 15 is 0 Å². The van der Waals surface area contributed by atoms with Gasteiger partial charge in [0, 0.05) is 12.0 Å². The van der Waals surface area contributed by atoms with Gasteiger partial charge >= 0.3 is 0 Å². The zero-order valence-corrected chi connectivity index (χ0v) is 11.3. The topological polar surface area (TPSA) is 17.1 Å². The van der Waals surface area contributed by atoms with Crippen LogP contribution < -0.4 is 0 Å². The molecule has 1 nitrogen and oxygen atoms in total. The standard InChI is InChI=1S/C17H16F2O/c1-2-5-12-6-3-7-13(10-12)16(20)11-14-8-4-9-15(18)17(14)19/h3-4,6-10H,2,5,11H2,1H3. The van der Waals surface area contributed by atoms with E-state index in [1.807, 2.05) is 18.2 Å². The number of ketones is 1. The van der Waals surface area contributed by atoms with Crippen LogP contribution in [0.3, 0.4) is 0 Å². The zero-order valence-electron chi connectivity index (χ0n) is 11.3. The Hall–Kier alpha value is -2.03. The van der Waals surface area contributed by atoms with Crippen molar-refractivity contribution in [2.24, 2.45) is 0 Å². The third kappa shape index (κ3) is 3.29. The molecule has 0 bridgehead atoms. The van der Waals surface area contributed by atoms with Gasteiger partial charge in [-0.1, -0.05) is 43.7 Å². The van der Waals surface area contributed by atoms with Crippen LogP contribution in [-0.2, 0) is 12.8 Å². The lowest BCUT2D eigenvalue weighted by atomic mass is 9.99. The summed E-state index contributed by atoms with van der Waals surface area (Å²) in [6, 6.07) is 11.2. The Bertz CT molecular complexity index is 620. The second-order valence-electron chi connectivity index (χ2n) is 4.76. The molecule has 0 aliphatic rings. The normalized spacial score (nSPS) is 10.6. The number of hydrogen-bond acceptors (Lipinski definition) is 1. The van der Waals surface area contributed by atoms with Gasteiger partial charge in [-0.15, -0.1) is 0 Å². The van der Waals surface area contributed by atoms with Crippen LogP contribution in [0.2, 0.25) is 0 Å². The molecule has 3 heteroatoms. The summed E-state index contributed by atoms with van der Waals surface area (Å²) in [5.41, 5.74) is 1.72. The molecule has 0 spiro atoms. The highest BCUT2D eigenvalue weighted by atomic mass is 19.2. The summed E-state index contributed by atoms with van der Waals surface area (Å²) in [7, 11) is 0. The molecule has 0 aliphatic carbocycles. The van der Waals surface area contributed by atoms with Crippen LogP contribution in [0.5, 0.6) is 0 Å². The second-order valence-corrected chi connectivity index (χ2v) is 4.76. The molecule has 2 rings (SSSR count). The van der Waals surface area contributed by atoms with E-state index in [0.717, 1.165) is 24.5 Å². The molecule has 0 fully saturated rings. The van der Waals surface area contributed by atoms with Crippen molar-refractivity contribution >= 4 is 5.78 Å². The van der Waals surface area contributed by atoms with Crippen LogP contribution >= 0.6 is 0 Å². The summed E-state index contributed by atoms with van der Waals surface area (Å²) in [6.07, 6.45) is 1.77. The molecule has 2 aromatic carbocycles. The number of Topliss-reactive ketones (excluding diaryl/α,β-unsaturated/α-hetero) is 1. The van der Waals surface area contributed by atoms with Crippen molar-refractivity contribution in [3.05, 3.63) is 70.8 Å². The van der Waals surface area contributed by atoms with E-state index < -0.39 is 11.6 Å². The van der Waals surface area contributed by atoms with Crippen LogP contribution in [0.25, 0.3) is 0 Å². The maximum absolute atomic E-state index is 13.6. The van der Waals surface area contributed by atoms with Gasteiger partial charge in [0.2, 0.25) is 0 Å². The summed E-state index contributed by atoms with van der Waals surface area (Å²) < 4.78 is 26.7. The smallest absolute Gasteiger partial charge is 0.167 e. The van der Waals surface area contributed by atoms with Crippen molar-refractivity contribution in [2.75, 3.05) is 0 Å². The minimum atomic E-state index is -0.939. The van der Waals surface area contributed by atoms with Gasteiger partial charge < -0.3 is 0 Å². The van der Waals surface area contributed by atoms with Gasteiger partial charge in [0.1, 0.15) is 0 Å². The van der Waals surface area contributed by atoms with Gasteiger partial charge in [-0.05, 0) is 29.7 Å². The number of hydrogen-bond donors (Lipinski definition) is 0. The molecule has 0 aromatic heterocycles. The average Bonchev–Trinajstić information content (AvgIpc) is 2.44. The van der Waals surface area contributed by atoms with Crippen molar-refractivity contribution in [1.82, 2.24) is 0 Å². The molecule has 0 saturated heterocycles. The fraction of sp³-hybridized carbons (Fsp3) is 0.235. The Balaban J connectivity index is 2.19. The lowest BCUT2D eigenvalue weighted by Crippen LogP contribution is -2.06. The number of aryl methyl sites for hydroxylation is 1. The van der Waals surface area contributed by atoms with Crippen molar-refractivity contribution in [1.29, 1.82) is 0 Å². The summed E-state index contributed by atoms with van der Waals surface area (Å²) in [5, 5.41) is 0. The summed E-state index contributed by atoms with van der Waals surface area (Å²) in [4.78, 5) is 12.1. The fourth-order valence-corrected chi connectivity index (χ4v) is 2.15. The van der Waals surface area contributed by atoms with Gasteiger partial charge in [0.05, 0.1) is 0 Å². The number of benzene rings is 2. The highest BCUT2D eigenvalue weighted by Crippen LogP contribution is 2.15. The quantitative estimate of drug-likeness (QED) is 0.741. The molecular formula is C17H16F2O. The molecule has 20 heavy (non-hydrogen) atoms. The van der Waals surface area contributed by atoms with E-state index in [0.29, 0.717) is 5.56 Å². The minimum Gasteiger partial charge on any atom is -0.294 e. The van der Waals surface area contributed by atoms with Gasteiger partial charge in [-0.3, -0.25) is 4.79 Å². The van der Waals surface area contributed by atoms with Gasteiger partial charge in [-0.2, -0.15) is 0 Å². The first-order valence-electron chi connectivity index (χ1n) is 6.67. The van der Waals surface area contributed by atoms with Crippen LogP contribution in [0.1, 0.15) is 34.8 Å². The van der Waals surface area contributed by atoms with E-state index in [4.69, 9.17) is 0 Å². The van der Waals surface area contributed by atoms with E-state index in [2.05, 4.69) is 6.92 Å². The first kappa shape index (κ1) is 14.4. The summed E-state index contributed by atoms with van der Waals surface area (Å²) >= 11 is 0. The Morgan fingerprint density at radius 2 is 1.85 bits per heavy atom. The van der Waals surface area contributed by atoms with Gasteiger partial charge in [-0.25, -0.2) is 8.78 Å². The largest absolute Gasteiger partial charge is 0.294 e. The fourth-order valence-electron chi connectivity index (χ4n) is 2.15. The van der Waals surface area contributed by atoms with Crippen LogP contribution in [-0.4, -0.2) is 5.78 Å². The summed E-state index contributed by atoms with van der Waals surface area (Å²) in [6.45, 7) is 2.07. The third-order valence-electron chi connectivity index (χ3n) is 3.17. The Morgan fingerprint density at radius 3 is 2.60 bits per heavy atom. The third-order valence-corrected chi connectivity index (χ3v) is 3.17. The molecule has 0 saturated carbocycles. The lowest BCUT2D eigenvalue weighted by Gasteiger charge is -2.05. The van der Waals surface area contributed by atoms with E-state index in [1.165, 1.54) is 12.1 Å². The predicted molar refractivity (Wildman–Crippen MR) is 74.8 cm³/mol. The Kier molecular flexibility index (Phi) is 4.61. The van der Waals surface area contributed by atoms with Crippen molar-refractivity contribution in [2.45, 2.75) is 26.2 Å². The average molecular weight is 274 g/mol. The lowest BCUT2D eigenvalue weighted by molar-refractivity contribution is 0.0991. The highest BCUT2D eigenvalue weighted by Gasteiger charge is 2.13. The Labute approximate surface area is 117 Å². The minimum absolute atomic E-state index is 0.0934. The maximum Gasteiger partial charge on any atom is 0.167 e. The number of halogens is 2. The maximum atomic E-state index is 13.6. The van der Waals surface area contributed by atoms with Crippen LogP contribution in [0.15, 0.2) is 42.5 Å². The van der Waals surface area contributed by atoms with Crippen LogP contribution in [0.4, 0.5) is 8.78 Å². The van der Waals surface area contributed by atoms with Crippen LogP contribution in [0, 0.1) is 11.6 Å². The zero-order chi connectivity index (χ0) is 14.5. The van der Waals surface area contributed by atoms with Crippen molar-refractivity contribution in [3.63, 3.8) is 0 Å². The first-order valence-corrected chi connectivity index (χ1v) is 6.67. The van der Waals surface area contributed by atoms with Crippen molar-refractivity contribution in [3.8, 4) is 0 Å². The molecule has 2 aromatic rings. The monoisotopic (exact) mass is 274 g/mol. The SMILES string of the molecule is CCCc1cccc(C(=O)Cc2cccc(F)c2F)c1. The molecule has 0 radical (unpaired) electrons. The molecule has 0 N–H and O–H groups in total. The molecule has 0 amide bonds. The molecule has 0 atom stereocenters. The molecule has 0 aliphatic heterocycles. The van der Waals surface area contributed by atoms with E-state index in [1.54, 1.807) is 6.07 Å². The molecule has 104 valence electrons. The molecular weight excluding hydrogens is 258 g/mol. The Morgan fingerprint density at radius 1 is 1.10 bits per heavy atom. The van der Waals surface area contributed by atoms with Crippen molar-refractivity contribution < 1.29 is 13.6 Å². The number of rotatable bonds is 5. The molecule has 0 heterocycles. The molecule has 0 unspecified atom stereocenters. The second kappa shape index (κ2) is 6.42. The predicted octanol–water partition coefficient (Wildman–Crippen LogP) is 4.34.